The second-order valence-corrected chi connectivity index (χ2v) is 9.21. The van der Waals surface area contributed by atoms with Crippen molar-refractivity contribution in [3.63, 3.8) is 0 Å². The summed E-state index contributed by atoms with van der Waals surface area (Å²) in [6.07, 6.45) is 9.06. The van der Waals surface area contributed by atoms with Crippen molar-refractivity contribution in [3.05, 3.63) is 47.5 Å². The third-order valence-electron chi connectivity index (χ3n) is 6.66. The summed E-state index contributed by atoms with van der Waals surface area (Å²) in [4.78, 5) is 21.8. The molecule has 3 fully saturated rings. The van der Waals surface area contributed by atoms with Crippen LogP contribution in [0.25, 0.3) is 0 Å². The molecule has 2 unspecified atom stereocenters. The van der Waals surface area contributed by atoms with Crippen molar-refractivity contribution in [1.82, 2.24) is 15.2 Å². The first-order valence-corrected chi connectivity index (χ1v) is 11.5. The molecule has 2 aromatic heterocycles. The van der Waals surface area contributed by atoms with Crippen molar-refractivity contribution < 1.29 is 9.21 Å². The normalized spacial score (nSPS) is 23.3. The fourth-order valence-electron chi connectivity index (χ4n) is 4.43. The molecular weight excluding hydrogens is 376 g/mol. The molecule has 1 N–H and O–H groups in total. The monoisotopic (exact) mass is 408 g/mol. The van der Waals surface area contributed by atoms with Gasteiger partial charge in [-0.1, -0.05) is 13.0 Å². The molecule has 3 heterocycles. The van der Waals surface area contributed by atoms with Gasteiger partial charge in [0.25, 0.3) is 0 Å². The predicted octanol–water partition coefficient (Wildman–Crippen LogP) is 4.66. The third kappa shape index (κ3) is 4.47. The Labute approximate surface area is 178 Å². The zero-order valence-corrected chi connectivity index (χ0v) is 17.8. The Balaban J connectivity index is 1.15. The van der Waals surface area contributed by atoms with Gasteiger partial charge in [0.15, 0.2) is 0 Å². The fourth-order valence-corrected chi connectivity index (χ4v) is 4.43. The molecule has 5 rings (SSSR count). The molecule has 1 aliphatic heterocycles. The average Bonchev–Trinajstić information content (AvgIpc) is 3.71. The molecule has 2 saturated carbocycles. The summed E-state index contributed by atoms with van der Waals surface area (Å²) in [7, 11) is 0. The van der Waals surface area contributed by atoms with Gasteiger partial charge in [-0.2, -0.15) is 0 Å². The van der Waals surface area contributed by atoms with Crippen LogP contribution in [0.1, 0.15) is 68.5 Å². The largest absolute Gasteiger partial charge is 0.464 e. The highest BCUT2D eigenvalue weighted by atomic mass is 16.3. The highest BCUT2D eigenvalue weighted by Crippen LogP contribution is 2.47. The predicted molar refractivity (Wildman–Crippen MR) is 116 cm³/mol. The molecule has 30 heavy (non-hydrogen) atoms. The van der Waals surface area contributed by atoms with E-state index in [1.165, 1.54) is 25.7 Å². The van der Waals surface area contributed by atoms with Crippen molar-refractivity contribution in [3.8, 4) is 0 Å². The van der Waals surface area contributed by atoms with Crippen LogP contribution in [0.5, 0.6) is 0 Å². The summed E-state index contributed by atoms with van der Waals surface area (Å²) < 4.78 is 6.03. The lowest BCUT2D eigenvalue weighted by molar-refractivity contribution is 0.186. The molecule has 6 heteroatoms. The van der Waals surface area contributed by atoms with Crippen LogP contribution in [-0.4, -0.2) is 35.0 Å². The lowest BCUT2D eigenvalue weighted by Crippen LogP contribution is -2.40. The summed E-state index contributed by atoms with van der Waals surface area (Å²) in [5.41, 5.74) is 1.03. The number of amides is 2. The first-order valence-electron chi connectivity index (χ1n) is 11.5. The van der Waals surface area contributed by atoms with E-state index in [0.29, 0.717) is 25.0 Å². The number of furan rings is 1. The van der Waals surface area contributed by atoms with Crippen LogP contribution < -0.4 is 10.2 Å². The van der Waals surface area contributed by atoms with E-state index in [4.69, 9.17) is 4.42 Å². The molecule has 2 aliphatic carbocycles. The lowest BCUT2D eigenvalue weighted by Gasteiger charge is -2.27. The smallest absolute Gasteiger partial charge is 0.318 e. The van der Waals surface area contributed by atoms with Crippen LogP contribution in [0.2, 0.25) is 0 Å². The zero-order valence-electron chi connectivity index (χ0n) is 17.8. The number of carbonyl (C=O) groups excluding carboxylic acids is 1. The van der Waals surface area contributed by atoms with E-state index in [1.54, 1.807) is 0 Å². The fraction of sp³-hybridized carbons (Fsp3) is 0.583. The van der Waals surface area contributed by atoms with Crippen molar-refractivity contribution >= 4 is 11.8 Å². The van der Waals surface area contributed by atoms with Gasteiger partial charge in [0, 0.05) is 37.8 Å². The molecule has 0 radical (unpaired) electrons. The molecule has 0 aromatic carbocycles. The number of hydrogen-bond acceptors (Lipinski definition) is 4. The van der Waals surface area contributed by atoms with Crippen molar-refractivity contribution in [1.29, 1.82) is 0 Å². The highest BCUT2D eigenvalue weighted by molar-refractivity contribution is 5.74. The molecule has 2 amide bonds. The molecule has 1 saturated heterocycles. The standard InChI is InChI=1S/C24H32N4O2/c1-17-13-21(17)22-9-8-20(30-22)16-28(19-6-7-19)24(29)26-15-18-5-10-23(25-14-18)27-11-3-2-4-12-27/h5,8-10,14,17,19,21H,2-4,6-7,11-13,15-16H2,1H3,(H,26,29). The van der Waals surface area contributed by atoms with Crippen LogP contribution in [0.15, 0.2) is 34.9 Å². The Morgan fingerprint density at radius 3 is 2.67 bits per heavy atom. The molecule has 160 valence electrons. The first-order chi connectivity index (χ1) is 14.7. The molecule has 3 aliphatic rings. The quantitative estimate of drug-likeness (QED) is 0.724. The van der Waals surface area contributed by atoms with Gasteiger partial charge in [-0.15, -0.1) is 0 Å². The number of rotatable bonds is 7. The minimum atomic E-state index is -0.0182. The van der Waals surface area contributed by atoms with E-state index in [0.717, 1.165) is 54.8 Å². The zero-order chi connectivity index (χ0) is 20.5. The number of anilines is 1. The number of nitrogens with one attached hydrogen (secondary N) is 1. The van der Waals surface area contributed by atoms with E-state index in [9.17, 15) is 4.79 Å². The lowest BCUT2D eigenvalue weighted by atomic mass is 10.1. The van der Waals surface area contributed by atoms with Crippen LogP contribution in [0, 0.1) is 5.92 Å². The Bertz CT molecular complexity index is 868. The van der Waals surface area contributed by atoms with Gasteiger partial charge >= 0.3 is 6.03 Å². The molecule has 0 spiro atoms. The Kier molecular flexibility index (Phi) is 5.40. The summed E-state index contributed by atoms with van der Waals surface area (Å²) >= 11 is 0. The van der Waals surface area contributed by atoms with Crippen molar-refractivity contribution in [2.75, 3.05) is 18.0 Å². The van der Waals surface area contributed by atoms with Gasteiger partial charge in [-0.25, -0.2) is 9.78 Å². The summed E-state index contributed by atoms with van der Waals surface area (Å²) in [5, 5.41) is 3.08. The van der Waals surface area contributed by atoms with Crippen molar-refractivity contribution in [2.45, 2.75) is 70.5 Å². The van der Waals surface area contributed by atoms with Gasteiger partial charge in [0.2, 0.25) is 0 Å². The number of aromatic nitrogens is 1. The first kappa shape index (κ1) is 19.5. The number of pyridine rings is 1. The van der Waals surface area contributed by atoms with E-state index in [-0.39, 0.29) is 6.03 Å². The second kappa shape index (κ2) is 8.32. The van der Waals surface area contributed by atoms with Crippen LogP contribution >= 0.6 is 0 Å². The van der Waals surface area contributed by atoms with Gasteiger partial charge in [-0.3, -0.25) is 0 Å². The van der Waals surface area contributed by atoms with Gasteiger partial charge in [0.1, 0.15) is 17.3 Å². The SMILES string of the molecule is CC1CC1c1ccc(CN(C(=O)NCc2ccc(N3CCCCC3)nc2)C2CC2)o1. The maximum atomic E-state index is 12.9. The van der Waals surface area contributed by atoms with Crippen LogP contribution in [0.3, 0.4) is 0 Å². The molecule has 0 bridgehead atoms. The Morgan fingerprint density at radius 2 is 2.00 bits per heavy atom. The van der Waals surface area contributed by atoms with E-state index in [2.05, 4.69) is 40.3 Å². The number of carbonyl (C=O) groups is 1. The molecular formula is C24H32N4O2. The van der Waals surface area contributed by atoms with E-state index >= 15 is 0 Å². The van der Waals surface area contributed by atoms with Gasteiger partial charge in [-0.05, 0) is 68.2 Å². The van der Waals surface area contributed by atoms with Crippen LogP contribution in [-0.2, 0) is 13.1 Å². The van der Waals surface area contributed by atoms with Crippen molar-refractivity contribution in [2.24, 2.45) is 5.92 Å². The maximum absolute atomic E-state index is 12.9. The van der Waals surface area contributed by atoms with Gasteiger partial charge in [0.05, 0.1) is 6.54 Å². The van der Waals surface area contributed by atoms with E-state index < -0.39 is 0 Å². The number of hydrogen-bond donors (Lipinski definition) is 1. The molecule has 2 aromatic rings. The van der Waals surface area contributed by atoms with Crippen LogP contribution in [0.4, 0.5) is 10.6 Å². The summed E-state index contributed by atoms with van der Waals surface area (Å²) in [6, 6.07) is 8.59. The number of urea groups is 1. The third-order valence-corrected chi connectivity index (χ3v) is 6.66. The summed E-state index contributed by atoms with van der Waals surface area (Å²) in [5.74, 6) is 4.30. The molecule has 2 atom stereocenters. The number of piperidine rings is 1. The minimum Gasteiger partial charge on any atom is -0.464 e. The average molecular weight is 409 g/mol. The maximum Gasteiger partial charge on any atom is 0.318 e. The topological polar surface area (TPSA) is 61.6 Å². The molecule has 6 nitrogen and oxygen atoms in total. The minimum absolute atomic E-state index is 0.0182. The number of nitrogens with zero attached hydrogens (tertiary/aromatic N) is 3. The Hall–Kier alpha value is -2.50. The van der Waals surface area contributed by atoms with Gasteiger partial charge < -0.3 is 19.5 Å². The summed E-state index contributed by atoms with van der Waals surface area (Å²) in [6.45, 7) is 5.48. The highest BCUT2D eigenvalue weighted by Gasteiger charge is 2.37. The Morgan fingerprint density at radius 1 is 1.20 bits per heavy atom. The second-order valence-electron chi connectivity index (χ2n) is 9.21. The van der Waals surface area contributed by atoms with E-state index in [1.807, 2.05) is 17.2 Å².